The second-order valence-electron chi connectivity index (χ2n) is 3.20. The molecule has 0 spiro atoms. The predicted octanol–water partition coefficient (Wildman–Crippen LogP) is 3.75. The van der Waals surface area contributed by atoms with Crippen molar-refractivity contribution >= 4 is 11.6 Å². The zero-order chi connectivity index (χ0) is 11.0. The van der Waals surface area contributed by atoms with Gasteiger partial charge in [0.05, 0.1) is 0 Å². The van der Waals surface area contributed by atoms with Crippen molar-refractivity contribution < 1.29 is 17.9 Å². The molecular weight excluding hydrogens is 217 g/mol. The highest BCUT2D eigenvalue weighted by molar-refractivity contribution is 6.20. The Morgan fingerprint density at radius 3 is 2.43 bits per heavy atom. The summed E-state index contributed by atoms with van der Waals surface area (Å²) in [5.41, 5.74) is 0. The van der Waals surface area contributed by atoms with E-state index in [4.69, 9.17) is 11.6 Å². The lowest BCUT2D eigenvalue weighted by Crippen LogP contribution is -2.17. The van der Waals surface area contributed by atoms with Gasteiger partial charge in [0, 0.05) is 12.0 Å². The van der Waals surface area contributed by atoms with E-state index in [-0.39, 0.29) is 12.0 Å². The van der Waals surface area contributed by atoms with Crippen LogP contribution in [0.2, 0.25) is 0 Å². The highest BCUT2D eigenvalue weighted by atomic mass is 35.5. The van der Waals surface area contributed by atoms with Crippen LogP contribution in [0.4, 0.5) is 13.2 Å². The molecule has 0 aromatic rings. The van der Waals surface area contributed by atoms with Gasteiger partial charge >= 0.3 is 6.18 Å². The van der Waals surface area contributed by atoms with Gasteiger partial charge in [-0.2, -0.15) is 13.2 Å². The maximum atomic E-state index is 11.6. The summed E-state index contributed by atoms with van der Waals surface area (Å²) in [6, 6.07) is 0. The van der Waals surface area contributed by atoms with Crippen molar-refractivity contribution in [3.8, 4) is 0 Å². The minimum atomic E-state index is -4.22. The molecule has 0 rings (SSSR count). The van der Waals surface area contributed by atoms with Gasteiger partial charge in [0.2, 0.25) is 0 Å². The summed E-state index contributed by atoms with van der Waals surface area (Å²) < 4.78 is 39.3. The lowest BCUT2D eigenvalue weighted by atomic mass is 10.1. The first-order valence-electron chi connectivity index (χ1n) is 4.74. The van der Waals surface area contributed by atoms with Crippen LogP contribution in [0.5, 0.6) is 0 Å². The summed E-state index contributed by atoms with van der Waals surface area (Å²) in [5, 5.41) is 0.0643. The SMILES string of the molecule is CCCC(Cl)CCCOCC(F)(F)F. The summed E-state index contributed by atoms with van der Waals surface area (Å²) in [4.78, 5) is 0. The van der Waals surface area contributed by atoms with E-state index in [0.29, 0.717) is 12.8 Å². The Labute approximate surface area is 87.6 Å². The van der Waals surface area contributed by atoms with Crippen LogP contribution in [0.25, 0.3) is 0 Å². The number of hydrogen-bond donors (Lipinski definition) is 0. The monoisotopic (exact) mass is 232 g/mol. The molecule has 0 aliphatic carbocycles. The molecule has 1 atom stereocenters. The quantitative estimate of drug-likeness (QED) is 0.480. The highest BCUT2D eigenvalue weighted by Crippen LogP contribution is 2.15. The van der Waals surface area contributed by atoms with Crippen molar-refractivity contribution in [3.63, 3.8) is 0 Å². The summed E-state index contributed by atoms with van der Waals surface area (Å²) in [7, 11) is 0. The van der Waals surface area contributed by atoms with Crippen LogP contribution < -0.4 is 0 Å². The van der Waals surface area contributed by atoms with Gasteiger partial charge in [0.15, 0.2) is 0 Å². The van der Waals surface area contributed by atoms with Gasteiger partial charge in [-0.25, -0.2) is 0 Å². The number of ether oxygens (including phenoxy) is 1. The second-order valence-corrected chi connectivity index (χ2v) is 3.81. The van der Waals surface area contributed by atoms with Crippen LogP contribution in [0, 0.1) is 0 Å². The number of rotatable bonds is 7. The van der Waals surface area contributed by atoms with Gasteiger partial charge in [0.25, 0.3) is 0 Å². The number of alkyl halides is 4. The molecule has 0 radical (unpaired) electrons. The van der Waals surface area contributed by atoms with Crippen LogP contribution in [0.1, 0.15) is 32.6 Å². The molecule has 0 N–H and O–H groups in total. The predicted molar refractivity (Wildman–Crippen MR) is 50.7 cm³/mol. The van der Waals surface area contributed by atoms with Crippen molar-refractivity contribution in [1.82, 2.24) is 0 Å². The van der Waals surface area contributed by atoms with E-state index in [0.717, 1.165) is 12.8 Å². The van der Waals surface area contributed by atoms with Crippen LogP contribution in [-0.2, 0) is 4.74 Å². The van der Waals surface area contributed by atoms with Gasteiger partial charge in [0.1, 0.15) is 6.61 Å². The van der Waals surface area contributed by atoms with E-state index < -0.39 is 12.8 Å². The normalized spacial score (nSPS) is 14.4. The molecule has 0 saturated heterocycles. The molecule has 14 heavy (non-hydrogen) atoms. The molecule has 1 unspecified atom stereocenters. The largest absolute Gasteiger partial charge is 0.411 e. The average Bonchev–Trinajstić information content (AvgIpc) is 2.02. The molecule has 0 heterocycles. The molecule has 1 nitrogen and oxygen atoms in total. The maximum Gasteiger partial charge on any atom is 0.411 e. The average molecular weight is 233 g/mol. The molecule has 0 aromatic carbocycles. The molecule has 5 heteroatoms. The Balaban J connectivity index is 3.21. The van der Waals surface area contributed by atoms with Crippen molar-refractivity contribution in [2.45, 2.75) is 44.2 Å². The summed E-state index contributed by atoms with van der Waals surface area (Å²) in [6.45, 7) is 0.996. The fourth-order valence-corrected chi connectivity index (χ4v) is 1.42. The molecular formula is C9H16ClF3O. The minimum absolute atomic E-state index is 0.0643. The molecule has 86 valence electrons. The zero-order valence-corrected chi connectivity index (χ0v) is 9.00. The van der Waals surface area contributed by atoms with E-state index >= 15 is 0 Å². The summed E-state index contributed by atoms with van der Waals surface area (Å²) in [5.74, 6) is 0. The smallest absolute Gasteiger partial charge is 0.372 e. The lowest BCUT2D eigenvalue weighted by molar-refractivity contribution is -0.174. The van der Waals surface area contributed by atoms with Crippen molar-refractivity contribution in [3.05, 3.63) is 0 Å². The summed E-state index contributed by atoms with van der Waals surface area (Å²) in [6.07, 6.45) is -1.01. The molecule has 0 saturated carbocycles. The third-order valence-electron chi connectivity index (χ3n) is 1.67. The fourth-order valence-electron chi connectivity index (χ4n) is 1.05. The van der Waals surface area contributed by atoms with Gasteiger partial charge in [-0.15, -0.1) is 11.6 Å². The summed E-state index contributed by atoms with van der Waals surface area (Å²) >= 11 is 5.87. The van der Waals surface area contributed by atoms with E-state index in [9.17, 15) is 13.2 Å². The zero-order valence-electron chi connectivity index (χ0n) is 8.24. The number of halogens is 4. The Hall–Kier alpha value is 0.0400. The van der Waals surface area contributed by atoms with Gasteiger partial charge in [-0.3, -0.25) is 0 Å². The van der Waals surface area contributed by atoms with Gasteiger partial charge in [-0.05, 0) is 19.3 Å². The van der Waals surface area contributed by atoms with Crippen molar-refractivity contribution in [2.24, 2.45) is 0 Å². The standard InChI is InChI=1S/C9H16ClF3O/c1-2-4-8(10)5-3-6-14-7-9(11,12)13/h8H,2-7H2,1H3. The molecule has 0 fully saturated rings. The van der Waals surface area contributed by atoms with Crippen LogP contribution in [0.15, 0.2) is 0 Å². The van der Waals surface area contributed by atoms with E-state index in [2.05, 4.69) is 4.74 Å². The molecule has 0 aliphatic rings. The third-order valence-corrected chi connectivity index (χ3v) is 2.11. The Morgan fingerprint density at radius 1 is 1.29 bits per heavy atom. The first kappa shape index (κ1) is 14.0. The van der Waals surface area contributed by atoms with Crippen LogP contribution >= 0.6 is 11.6 Å². The molecule has 0 aromatic heterocycles. The van der Waals surface area contributed by atoms with Crippen molar-refractivity contribution in [1.29, 1.82) is 0 Å². The lowest BCUT2D eigenvalue weighted by Gasteiger charge is -2.09. The van der Waals surface area contributed by atoms with Crippen molar-refractivity contribution in [2.75, 3.05) is 13.2 Å². The van der Waals surface area contributed by atoms with Crippen LogP contribution in [0.3, 0.4) is 0 Å². The maximum absolute atomic E-state index is 11.6. The first-order chi connectivity index (χ1) is 6.45. The van der Waals surface area contributed by atoms with E-state index in [1.165, 1.54) is 0 Å². The van der Waals surface area contributed by atoms with Crippen LogP contribution in [-0.4, -0.2) is 24.8 Å². The first-order valence-corrected chi connectivity index (χ1v) is 5.18. The second kappa shape index (κ2) is 7.35. The molecule has 0 bridgehead atoms. The highest BCUT2D eigenvalue weighted by Gasteiger charge is 2.27. The third kappa shape index (κ3) is 10.1. The van der Waals surface area contributed by atoms with Gasteiger partial charge in [-0.1, -0.05) is 13.3 Å². The molecule has 0 amide bonds. The minimum Gasteiger partial charge on any atom is -0.372 e. The van der Waals surface area contributed by atoms with E-state index in [1.807, 2.05) is 6.92 Å². The fraction of sp³-hybridized carbons (Fsp3) is 1.00. The molecule has 0 aliphatic heterocycles. The topological polar surface area (TPSA) is 9.23 Å². The Bertz CT molecular complexity index is 139. The Morgan fingerprint density at radius 2 is 1.93 bits per heavy atom. The van der Waals surface area contributed by atoms with E-state index in [1.54, 1.807) is 0 Å². The number of hydrogen-bond acceptors (Lipinski definition) is 1. The Kier molecular flexibility index (Phi) is 7.37. The van der Waals surface area contributed by atoms with Gasteiger partial charge < -0.3 is 4.74 Å².